The van der Waals surface area contributed by atoms with Crippen molar-refractivity contribution in [2.75, 3.05) is 0 Å². The maximum absolute atomic E-state index is 12.8. The quantitative estimate of drug-likeness (QED) is 0.553. The van der Waals surface area contributed by atoms with E-state index in [0.717, 1.165) is 18.6 Å². The molecular formula is C8H4FIS2. The minimum Gasteiger partial charge on any atom is -0.195 e. The first-order valence-corrected chi connectivity index (χ1v) is 5.58. The molecule has 12 heavy (non-hydrogen) atoms. The molecule has 0 nitrogen and oxygen atoms in total. The second-order valence-electron chi connectivity index (χ2n) is 2.39. The van der Waals surface area contributed by atoms with E-state index in [4.69, 9.17) is 0 Å². The molecule has 0 amide bonds. The van der Waals surface area contributed by atoms with Gasteiger partial charge in [0, 0.05) is 13.2 Å². The largest absolute Gasteiger partial charge is 0.195 e. The predicted molar refractivity (Wildman–Crippen MR) is 61.8 cm³/mol. The summed E-state index contributed by atoms with van der Waals surface area (Å²) >= 11 is 7.62. The van der Waals surface area contributed by atoms with Gasteiger partial charge in [0.2, 0.25) is 0 Å². The Hall–Kier alpha value is 0.190. The van der Waals surface area contributed by atoms with Crippen molar-refractivity contribution in [2.45, 2.75) is 4.90 Å². The molecular weight excluding hydrogens is 306 g/mol. The number of hydrogen-bond acceptors (Lipinski definition) is 2. The van der Waals surface area contributed by atoms with Crippen LogP contribution < -0.4 is 0 Å². The van der Waals surface area contributed by atoms with E-state index < -0.39 is 0 Å². The van der Waals surface area contributed by atoms with E-state index in [-0.39, 0.29) is 5.13 Å². The van der Waals surface area contributed by atoms with Crippen LogP contribution in [0.4, 0.5) is 4.39 Å². The van der Waals surface area contributed by atoms with E-state index in [0.29, 0.717) is 0 Å². The molecule has 2 aromatic rings. The Balaban J connectivity index is 2.83. The average molecular weight is 310 g/mol. The van der Waals surface area contributed by atoms with Gasteiger partial charge >= 0.3 is 0 Å². The van der Waals surface area contributed by atoms with Gasteiger partial charge in [0.1, 0.15) is 0 Å². The van der Waals surface area contributed by atoms with Crippen LogP contribution in [0.3, 0.4) is 0 Å². The number of fused-ring (bicyclic) bond motifs is 1. The van der Waals surface area contributed by atoms with E-state index in [1.807, 2.05) is 12.1 Å². The first kappa shape index (κ1) is 8.77. The van der Waals surface area contributed by atoms with Crippen molar-refractivity contribution in [1.82, 2.24) is 0 Å². The third kappa shape index (κ3) is 1.47. The van der Waals surface area contributed by atoms with Gasteiger partial charge in [-0.2, -0.15) is 4.39 Å². The maximum atomic E-state index is 12.8. The second-order valence-corrected chi connectivity index (χ2v) is 5.07. The summed E-state index contributed by atoms with van der Waals surface area (Å²) in [4.78, 5) is 0.904. The van der Waals surface area contributed by atoms with Crippen LogP contribution in [0.2, 0.25) is 0 Å². The molecule has 0 fully saturated rings. The molecule has 0 atom stereocenters. The second kappa shape index (κ2) is 3.16. The summed E-state index contributed by atoms with van der Waals surface area (Å²) in [5.41, 5.74) is 0. The summed E-state index contributed by atoms with van der Waals surface area (Å²) in [5, 5.41) is 0.794. The molecule has 1 aromatic heterocycles. The van der Waals surface area contributed by atoms with Gasteiger partial charge in [-0.05, 0) is 46.2 Å². The number of halogens is 2. The van der Waals surface area contributed by atoms with Gasteiger partial charge in [-0.15, -0.1) is 24.0 Å². The Morgan fingerprint density at radius 1 is 1.33 bits per heavy atom. The molecule has 0 N–H and O–H groups in total. The van der Waals surface area contributed by atoms with Crippen molar-refractivity contribution in [3.8, 4) is 0 Å². The van der Waals surface area contributed by atoms with Gasteiger partial charge in [0.15, 0.2) is 5.13 Å². The molecule has 0 bridgehead atoms. The zero-order valence-electron chi connectivity index (χ0n) is 5.84. The number of thiol groups is 1. The monoisotopic (exact) mass is 310 g/mol. The number of rotatable bonds is 0. The zero-order chi connectivity index (χ0) is 8.72. The third-order valence-electron chi connectivity index (χ3n) is 1.56. The van der Waals surface area contributed by atoms with Crippen LogP contribution in [0, 0.1) is 8.70 Å². The fourth-order valence-corrected chi connectivity index (χ4v) is 2.71. The van der Waals surface area contributed by atoms with Crippen molar-refractivity contribution in [1.29, 1.82) is 0 Å². The van der Waals surface area contributed by atoms with E-state index in [1.165, 1.54) is 17.4 Å². The lowest BCUT2D eigenvalue weighted by atomic mass is 10.3. The van der Waals surface area contributed by atoms with Gasteiger partial charge in [-0.1, -0.05) is 0 Å². The van der Waals surface area contributed by atoms with Crippen molar-refractivity contribution in [3.63, 3.8) is 0 Å². The summed E-state index contributed by atoms with van der Waals surface area (Å²) in [6, 6.07) is 5.38. The van der Waals surface area contributed by atoms with Crippen LogP contribution in [-0.2, 0) is 0 Å². The molecule has 2 rings (SSSR count). The lowest BCUT2D eigenvalue weighted by molar-refractivity contribution is 0.658. The maximum Gasteiger partial charge on any atom is 0.177 e. The molecule has 0 aliphatic rings. The minimum atomic E-state index is -0.139. The normalized spacial score (nSPS) is 10.9. The molecule has 0 saturated carbocycles. The van der Waals surface area contributed by atoms with Crippen molar-refractivity contribution in [3.05, 3.63) is 26.9 Å². The topological polar surface area (TPSA) is 0 Å². The number of benzene rings is 1. The summed E-state index contributed by atoms with van der Waals surface area (Å²) in [5.74, 6) is 0. The fraction of sp³-hybridized carbons (Fsp3) is 0. The molecule has 0 aliphatic carbocycles. The highest BCUT2D eigenvalue weighted by Gasteiger charge is 2.03. The average Bonchev–Trinajstić information content (AvgIpc) is 2.30. The van der Waals surface area contributed by atoms with Crippen LogP contribution >= 0.6 is 46.6 Å². The molecule has 0 unspecified atom stereocenters. The molecule has 1 aromatic carbocycles. The first-order chi connectivity index (χ1) is 5.66. The SMILES string of the molecule is Fc1cc2cc(S)c(I)cc2s1. The lowest BCUT2D eigenvalue weighted by Crippen LogP contribution is -1.72. The van der Waals surface area contributed by atoms with Gasteiger partial charge in [-0.25, -0.2) is 0 Å². The van der Waals surface area contributed by atoms with Crippen LogP contribution in [-0.4, -0.2) is 0 Å². The van der Waals surface area contributed by atoms with Gasteiger partial charge < -0.3 is 0 Å². The van der Waals surface area contributed by atoms with E-state index in [2.05, 4.69) is 35.2 Å². The Morgan fingerprint density at radius 3 is 2.83 bits per heavy atom. The predicted octanol–water partition coefficient (Wildman–Crippen LogP) is 3.93. The molecule has 0 aliphatic heterocycles. The number of thiophene rings is 1. The number of hydrogen-bond donors (Lipinski definition) is 1. The Kier molecular flexibility index (Phi) is 2.31. The Morgan fingerprint density at radius 2 is 2.08 bits per heavy atom. The molecule has 4 heteroatoms. The molecule has 1 heterocycles. The third-order valence-corrected chi connectivity index (χ3v) is 4.13. The first-order valence-electron chi connectivity index (χ1n) is 3.24. The van der Waals surface area contributed by atoms with Gasteiger partial charge in [0.25, 0.3) is 0 Å². The fourth-order valence-electron chi connectivity index (χ4n) is 1.02. The summed E-state index contributed by atoms with van der Waals surface area (Å²) in [6.45, 7) is 0. The highest BCUT2D eigenvalue weighted by molar-refractivity contribution is 14.1. The Bertz CT molecular complexity index is 397. The molecule has 62 valence electrons. The highest BCUT2D eigenvalue weighted by Crippen LogP contribution is 2.29. The molecule has 0 spiro atoms. The van der Waals surface area contributed by atoms with Crippen LogP contribution in [0.15, 0.2) is 23.1 Å². The van der Waals surface area contributed by atoms with Crippen molar-refractivity contribution >= 4 is 56.6 Å². The van der Waals surface area contributed by atoms with Crippen molar-refractivity contribution in [2.24, 2.45) is 0 Å². The summed E-state index contributed by atoms with van der Waals surface area (Å²) in [6.07, 6.45) is 0. The van der Waals surface area contributed by atoms with Crippen LogP contribution in [0.5, 0.6) is 0 Å². The summed E-state index contributed by atoms with van der Waals surface area (Å²) < 4.78 is 14.8. The summed E-state index contributed by atoms with van der Waals surface area (Å²) in [7, 11) is 0. The zero-order valence-corrected chi connectivity index (χ0v) is 9.71. The van der Waals surface area contributed by atoms with Crippen LogP contribution in [0.1, 0.15) is 0 Å². The van der Waals surface area contributed by atoms with E-state index in [9.17, 15) is 4.39 Å². The smallest absolute Gasteiger partial charge is 0.177 e. The standard InChI is InChI=1S/C8H4FIS2/c9-8-2-4-1-6(11)5(10)3-7(4)12-8/h1-3,11H. The van der Waals surface area contributed by atoms with E-state index >= 15 is 0 Å². The van der Waals surface area contributed by atoms with E-state index in [1.54, 1.807) is 0 Å². The molecule has 0 radical (unpaired) electrons. The lowest BCUT2D eigenvalue weighted by Gasteiger charge is -1.95. The van der Waals surface area contributed by atoms with Gasteiger partial charge in [0.05, 0.1) is 0 Å². The van der Waals surface area contributed by atoms with Gasteiger partial charge in [-0.3, -0.25) is 0 Å². The minimum absolute atomic E-state index is 0.139. The molecule has 0 saturated heterocycles. The Labute approximate surface area is 92.3 Å². The highest BCUT2D eigenvalue weighted by atomic mass is 127. The van der Waals surface area contributed by atoms with Crippen molar-refractivity contribution < 1.29 is 4.39 Å². The van der Waals surface area contributed by atoms with Crippen LogP contribution in [0.25, 0.3) is 10.1 Å².